The van der Waals surface area contributed by atoms with E-state index in [1.165, 1.54) is 11.3 Å². The van der Waals surface area contributed by atoms with Gasteiger partial charge >= 0.3 is 0 Å². The molecule has 1 aromatic carbocycles. The number of methoxy groups -OCH3 is 1. The minimum atomic E-state index is 0.461. The fourth-order valence-corrected chi connectivity index (χ4v) is 4.08. The highest BCUT2D eigenvalue weighted by Gasteiger charge is 2.26. The molecule has 1 fully saturated rings. The summed E-state index contributed by atoms with van der Waals surface area (Å²) in [5, 5.41) is 7.97. The average molecular weight is 392 g/mol. The Balaban J connectivity index is 1.45. The second-order valence-electron chi connectivity index (χ2n) is 7.91. The summed E-state index contributed by atoms with van der Waals surface area (Å²) in [7, 11) is 3.67. The van der Waals surface area contributed by atoms with Crippen molar-refractivity contribution in [2.75, 3.05) is 25.5 Å². The SMILES string of the molecule is COc1ccc(Nc2cc(C)nc(C3CCN(Cc4cn(C)nc4C)C3)c2)cc1. The zero-order chi connectivity index (χ0) is 20.4. The monoisotopic (exact) mass is 391 g/mol. The topological polar surface area (TPSA) is 55.2 Å². The van der Waals surface area contributed by atoms with Gasteiger partial charge in [0.15, 0.2) is 0 Å². The molecular weight excluding hydrogens is 362 g/mol. The zero-order valence-electron chi connectivity index (χ0n) is 17.6. The molecule has 1 aliphatic rings. The van der Waals surface area contributed by atoms with Crippen LogP contribution in [-0.2, 0) is 13.6 Å². The van der Waals surface area contributed by atoms with Crippen LogP contribution in [0.15, 0.2) is 42.6 Å². The van der Waals surface area contributed by atoms with Crippen LogP contribution >= 0.6 is 0 Å². The number of rotatable bonds is 6. The molecule has 1 N–H and O–H groups in total. The Labute approximate surface area is 172 Å². The number of hydrogen-bond acceptors (Lipinski definition) is 5. The molecule has 1 saturated heterocycles. The van der Waals surface area contributed by atoms with Crippen molar-refractivity contribution in [1.82, 2.24) is 19.7 Å². The number of likely N-dealkylation sites (tertiary alicyclic amines) is 1. The number of hydrogen-bond donors (Lipinski definition) is 1. The number of aryl methyl sites for hydroxylation is 3. The van der Waals surface area contributed by atoms with E-state index in [0.717, 1.165) is 54.6 Å². The predicted octanol–water partition coefficient (Wildman–Crippen LogP) is 4.17. The molecule has 3 aromatic rings. The molecule has 1 unspecified atom stereocenters. The van der Waals surface area contributed by atoms with E-state index in [-0.39, 0.29) is 0 Å². The summed E-state index contributed by atoms with van der Waals surface area (Å²) in [4.78, 5) is 7.35. The van der Waals surface area contributed by atoms with E-state index in [9.17, 15) is 0 Å². The van der Waals surface area contributed by atoms with Gasteiger partial charge in [-0.1, -0.05) is 0 Å². The van der Waals surface area contributed by atoms with Crippen molar-refractivity contribution >= 4 is 11.4 Å². The standard InChI is InChI=1S/C23H29N5O/c1-16-11-21(25-20-5-7-22(29-4)8-6-20)12-23(24-16)18-9-10-28(14-18)15-19-13-27(3)26-17(19)2/h5-8,11-13,18H,9-10,14-15H2,1-4H3,(H,24,25). The van der Waals surface area contributed by atoms with Gasteiger partial charge in [0, 0.05) is 60.6 Å². The number of anilines is 2. The number of aromatic nitrogens is 3. The van der Waals surface area contributed by atoms with Crippen LogP contribution in [0.1, 0.15) is 35.0 Å². The first-order valence-electron chi connectivity index (χ1n) is 10.1. The fourth-order valence-electron chi connectivity index (χ4n) is 4.08. The van der Waals surface area contributed by atoms with Crippen molar-refractivity contribution in [3.8, 4) is 5.75 Å². The van der Waals surface area contributed by atoms with Crippen LogP contribution in [0.2, 0.25) is 0 Å². The van der Waals surface area contributed by atoms with Gasteiger partial charge in [0.1, 0.15) is 5.75 Å². The molecule has 6 heteroatoms. The Kier molecular flexibility index (Phi) is 5.53. The van der Waals surface area contributed by atoms with E-state index in [2.05, 4.69) is 47.5 Å². The first-order chi connectivity index (χ1) is 14.0. The van der Waals surface area contributed by atoms with E-state index in [4.69, 9.17) is 9.72 Å². The summed E-state index contributed by atoms with van der Waals surface area (Å²) < 4.78 is 7.14. The molecule has 3 heterocycles. The maximum atomic E-state index is 5.24. The molecule has 1 atom stereocenters. The van der Waals surface area contributed by atoms with Gasteiger partial charge in [0.2, 0.25) is 0 Å². The number of nitrogens with one attached hydrogen (secondary N) is 1. The van der Waals surface area contributed by atoms with Crippen molar-refractivity contribution in [3.05, 3.63) is 65.2 Å². The third kappa shape index (κ3) is 4.59. The summed E-state index contributed by atoms with van der Waals surface area (Å²) in [6, 6.07) is 12.3. The number of ether oxygens (including phenoxy) is 1. The zero-order valence-corrected chi connectivity index (χ0v) is 17.6. The van der Waals surface area contributed by atoms with Crippen molar-refractivity contribution in [1.29, 1.82) is 0 Å². The van der Waals surface area contributed by atoms with Crippen molar-refractivity contribution in [3.63, 3.8) is 0 Å². The smallest absolute Gasteiger partial charge is 0.119 e. The molecule has 0 saturated carbocycles. The van der Waals surface area contributed by atoms with Gasteiger partial charge < -0.3 is 10.1 Å². The lowest BCUT2D eigenvalue weighted by molar-refractivity contribution is 0.325. The largest absolute Gasteiger partial charge is 0.497 e. The quantitative estimate of drug-likeness (QED) is 0.683. The van der Waals surface area contributed by atoms with Crippen molar-refractivity contribution in [2.45, 2.75) is 32.7 Å². The van der Waals surface area contributed by atoms with Gasteiger partial charge in [-0.25, -0.2) is 0 Å². The molecule has 1 aliphatic heterocycles. The molecule has 0 aliphatic carbocycles. The van der Waals surface area contributed by atoms with Crippen LogP contribution in [0.25, 0.3) is 0 Å². The molecule has 0 amide bonds. The Morgan fingerprint density at radius 3 is 2.62 bits per heavy atom. The van der Waals surface area contributed by atoms with E-state index in [1.807, 2.05) is 36.0 Å². The van der Waals surface area contributed by atoms with Crippen molar-refractivity contribution < 1.29 is 4.74 Å². The van der Waals surface area contributed by atoms with Gasteiger partial charge in [0.25, 0.3) is 0 Å². The highest BCUT2D eigenvalue weighted by Crippen LogP contribution is 2.30. The minimum Gasteiger partial charge on any atom is -0.497 e. The first-order valence-corrected chi connectivity index (χ1v) is 10.1. The van der Waals surface area contributed by atoms with Crippen LogP contribution < -0.4 is 10.1 Å². The second kappa shape index (κ2) is 8.25. The molecule has 4 rings (SSSR count). The Morgan fingerprint density at radius 1 is 1.14 bits per heavy atom. The van der Waals surface area contributed by atoms with Gasteiger partial charge in [-0.2, -0.15) is 5.10 Å². The molecule has 2 aromatic heterocycles. The maximum absolute atomic E-state index is 5.24. The van der Waals surface area contributed by atoms with Gasteiger partial charge in [-0.15, -0.1) is 0 Å². The van der Waals surface area contributed by atoms with Crippen LogP contribution in [0.5, 0.6) is 5.75 Å². The molecule has 29 heavy (non-hydrogen) atoms. The average Bonchev–Trinajstić information content (AvgIpc) is 3.28. The number of benzene rings is 1. The lowest BCUT2D eigenvalue weighted by atomic mass is 10.0. The van der Waals surface area contributed by atoms with Crippen molar-refractivity contribution in [2.24, 2.45) is 7.05 Å². The molecular formula is C23H29N5O. The third-order valence-electron chi connectivity index (χ3n) is 5.55. The van der Waals surface area contributed by atoms with Crippen LogP contribution in [-0.4, -0.2) is 39.9 Å². The normalized spacial score (nSPS) is 16.9. The minimum absolute atomic E-state index is 0.461. The van der Waals surface area contributed by atoms with E-state index < -0.39 is 0 Å². The number of nitrogens with zero attached hydrogens (tertiary/aromatic N) is 4. The summed E-state index contributed by atoms with van der Waals surface area (Å²) in [6.07, 6.45) is 3.27. The Morgan fingerprint density at radius 2 is 1.93 bits per heavy atom. The lowest BCUT2D eigenvalue weighted by Crippen LogP contribution is -2.20. The first kappa shape index (κ1) is 19.5. The lowest BCUT2D eigenvalue weighted by Gasteiger charge is -2.16. The summed E-state index contributed by atoms with van der Waals surface area (Å²) in [6.45, 7) is 7.23. The van der Waals surface area contributed by atoms with E-state index >= 15 is 0 Å². The highest BCUT2D eigenvalue weighted by atomic mass is 16.5. The van der Waals surface area contributed by atoms with Gasteiger partial charge in [-0.05, 0) is 63.2 Å². The number of pyridine rings is 1. The predicted molar refractivity (Wildman–Crippen MR) is 116 cm³/mol. The Bertz CT molecular complexity index is 979. The molecule has 0 radical (unpaired) electrons. The summed E-state index contributed by atoms with van der Waals surface area (Å²) in [5.41, 5.74) is 6.77. The van der Waals surface area contributed by atoms with Crippen LogP contribution in [0, 0.1) is 13.8 Å². The fraction of sp³-hybridized carbons (Fsp3) is 0.391. The Hall–Kier alpha value is -2.86. The molecule has 6 nitrogen and oxygen atoms in total. The highest BCUT2D eigenvalue weighted by molar-refractivity contribution is 5.61. The summed E-state index contributed by atoms with van der Waals surface area (Å²) >= 11 is 0. The molecule has 0 spiro atoms. The summed E-state index contributed by atoms with van der Waals surface area (Å²) in [5.74, 6) is 1.32. The third-order valence-corrected chi connectivity index (χ3v) is 5.55. The van der Waals surface area contributed by atoms with E-state index in [1.54, 1.807) is 7.11 Å². The molecule has 0 bridgehead atoms. The van der Waals surface area contributed by atoms with Crippen LogP contribution in [0.4, 0.5) is 11.4 Å². The molecule has 152 valence electrons. The van der Waals surface area contributed by atoms with Crippen LogP contribution in [0.3, 0.4) is 0 Å². The maximum Gasteiger partial charge on any atom is 0.119 e. The second-order valence-corrected chi connectivity index (χ2v) is 7.91. The van der Waals surface area contributed by atoms with Gasteiger partial charge in [-0.3, -0.25) is 14.6 Å². The van der Waals surface area contributed by atoms with E-state index in [0.29, 0.717) is 5.92 Å². The van der Waals surface area contributed by atoms with Gasteiger partial charge in [0.05, 0.1) is 12.8 Å².